The van der Waals surface area contributed by atoms with Crippen molar-refractivity contribution < 1.29 is 4.79 Å². The molecule has 3 heterocycles. The van der Waals surface area contributed by atoms with Gasteiger partial charge in [-0.1, -0.05) is 30.3 Å². The first-order chi connectivity index (χ1) is 13.7. The average Bonchev–Trinajstić information content (AvgIpc) is 3.01. The number of hydrogen-bond donors (Lipinski definition) is 1. The number of benzene rings is 1. The van der Waals surface area contributed by atoms with Gasteiger partial charge >= 0.3 is 0 Å². The third kappa shape index (κ3) is 4.36. The lowest BCUT2D eigenvalue weighted by Crippen LogP contribution is -2.40. The molecular formula is C23H30N4O. The highest BCUT2D eigenvalue weighted by Crippen LogP contribution is 2.28. The number of amides is 1. The average molecular weight is 379 g/mol. The Morgan fingerprint density at radius 2 is 1.71 bits per heavy atom. The monoisotopic (exact) mass is 378 g/mol. The molecule has 2 saturated heterocycles. The van der Waals surface area contributed by atoms with Gasteiger partial charge in [0.2, 0.25) is 0 Å². The summed E-state index contributed by atoms with van der Waals surface area (Å²) >= 11 is 0. The van der Waals surface area contributed by atoms with Crippen LogP contribution in [0.1, 0.15) is 53.9 Å². The van der Waals surface area contributed by atoms with Crippen molar-refractivity contribution in [2.75, 3.05) is 31.1 Å². The van der Waals surface area contributed by atoms with E-state index in [1.807, 2.05) is 17.0 Å². The number of aromatic nitrogens is 1. The molecule has 0 saturated carbocycles. The molecule has 5 heteroatoms. The van der Waals surface area contributed by atoms with E-state index in [4.69, 9.17) is 5.73 Å². The summed E-state index contributed by atoms with van der Waals surface area (Å²) in [7, 11) is 0. The molecule has 1 aromatic carbocycles. The Morgan fingerprint density at radius 1 is 0.929 bits per heavy atom. The van der Waals surface area contributed by atoms with Crippen molar-refractivity contribution in [3.8, 4) is 0 Å². The van der Waals surface area contributed by atoms with Gasteiger partial charge in [-0.05, 0) is 55.7 Å². The van der Waals surface area contributed by atoms with E-state index in [9.17, 15) is 4.79 Å². The normalized spacial score (nSPS) is 21.4. The number of likely N-dealkylation sites (tertiary alicyclic amines) is 1. The molecule has 5 nitrogen and oxygen atoms in total. The Labute approximate surface area is 167 Å². The summed E-state index contributed by atoms with van der Waals surface area (Å²) in [5, 5.41) is 0. The van der Waals surface area contributed by atoms with Gasteiger partial charge in [0.25, 0.3) is 5.91 Å². The predicted octanol–water partition coefficient (Wildman–Crippen LogP) is 3.42. The summed E-state index contributed by atoms with van der Waals surface area (Å²) in [5.41, 5.74) is 8.07. The standard InChI is InChI=1S/C23H30N4O/c24-21-11-15-26(16-12-21)22-9-8-20(17-25-22)23(28)27-13-4-7-19(10-14-27)18-5-2-1-3-6-18/h1-3,5-6,8-9,17,19,21H,4,7,10-16,24H2/t19-/m0/s1. The Bertz CT molecular complexity index is 769. The number of hydrogen-bond acceptors (Lipinski definition) is 4. The highest BCUT2D eigenvalue weighted by Gasteiger charge is 2.23. The summed E-state index contributed by atoms with van der Waals surface area (Å²) < 4.78 is 0. The minimum absolute atomic E-state index is 0.105. The van der Waals surface area contributed by atoms with Crippen LogP contribution in [-0.4, -0.2) is 48.0 Å². The van der Waals surface area contributed by atoms with Gasteiger partial charge in [-0.15, -0.1) is 0 Å². The van der Waals surface area contributed by atoms with E-state index in [1.54, 1.807) is 6.20 Å². The first-order valence-corrected chi connectivity index (χ1v) is 10.5. The Kier molecular flexibility index (Phi) is 5.91. The fraction of sp³-hybridized carbons (Fsp3) is 0.478. The van der Waals surface area contributed by atoms with Gasteiger partial charge in [-0.25, -0.2) is 4.98 Å². The second-order valence-corrected chi connectivity index (χ2v) is 8.06. The third-order valence-electron chi connectivity index (χ3n) is 6.14. The Hall–Kier alpha value is -2.40. The number of rotatable bonds is 3. The minimum Gasteiger partial charge on any atom is -0.357 e. The summed E-state index contributed by atoms with van der Waals surface area (Å²) in [6.07, 6.45) is 6.95. The quantitative estimate of drug-likeness (QED) is 0.889. The van der Waals surface area contributed by atoms with Crippen LogP contribution in [0.5, 0.6) is 0 Å². The third-order valence-corrected chi connectivity index (χ3v) is 6.14. The maximum absolute atomic E-state index is 13.0. The number of pyridine rings is 1. The number of nitrogens with two attached hydrogens (primary N) is 1. The van der Waals surface area contributed by atoms with Crippen LogP contribution in [0.25, 0.3) is 0 Å². The van der Waals surface area contributed by atoms with Gasteiger partial charge in [-0.3, -0.25) is 4.79 Å². The number of piperidine rings is 1. The zero-order chi connectivity index (χ0) is 19.3. The Balaban J connectivity index is 1.37. The Morgan fingerprint density at radius 3 is 2.43 bits per heavy atom. The van der Waals surface area contributed by atoms with Crippen LogP contribution in [0.2, 0.25) is 0 Å². The highest BCUT2D eigenvalue weighted by molar-refractivity contribution is 5.94. The van der Waals surface area contributed by atoms with E-state index in [0.29, 0.717) is 17.5 Å². The first-order valence-electron chi connectivity index (χ1n) is 10.5. The molecule has 2 aliphatic rings. The smallest absolute Gasteiger partial charge is 0.255 e. The van der Waals surface area contributed by atoms with E-state index in [1.165, 1.54) is 5.56 Å². The summed E-state index contributed by atoms with van der Waals surface area (Å²) in [5.74, 6) is 1.60. The molecule has 0 radical (unpaired) electrons. The molecule has 28 heavy (non-hydrogen) atoms. The topological polar surface area (TPSA) is 62.5 Å². The van der Waals surface area contributed by atoms with Crippen molar-refractivity contribution in [1.29, 1.82) is 0 Å². The van der Waals surface area contributed by atoms with Crippen molar-refractivity contribution in [2.24, 2.45) is 5.73 Å². The highest BCUT2D eigenvalue weighted by atomic mass is 16.2. The lowest BCUT2D eigenvalue weighted by molar-refractivity contribution is 0.0760. The molecule has 1 atom stereocenters. The number of nitrogens with zero attached hydrogens (tertiary/aromatic N) is 3. The molecular weight excluding hydrogens is 348 g/mol. The molecule has 0 bridgehead atoms. The lowest BCUT2D eigenvalue weighted by atomic mass is 9.92. The van der Waals surface area contributed by atoms with Crippen molar-refractivity contribution in [1.82, 2.24) is 9.88 Å². The van der Waals surface area contributed by atoms with Gasteiger partial charge in [0.15, 0.2) is 0 Å². The van der Waals surface area contributed by atoms with Crippen molar-refractivity contribution in [2.45, 2.75) is 44.1 Å². The molecule has 0 aliphatic carbocycles. The second kappa shape index (κ2) is 8.74. The van der Waals surface area contributed by atoms with E-state index in [2.05, 4.69) is 40.2 Å². The van der Waals surface area contributed by atoms with Crippen LogP contribution >= 0.6 is 0 Å². The SMILES string of the molecule is NC1CCN(c2ccc(C(=O)N3CCC[C@H](c4ccccc4)CC3)cn2)CC1. The van der Waals surface area contributed by atoms with Gasteiger partial charge < -0.3 is 15.5 Å². The molecule has 2 aromatic rings. The lowest BCUT2D eigenvalue weighted by Gasteiger charge is -2.31. The number of carbonyl (C=O) groups excluding carboxylic acids is 1. The molecule has 148 valence electrons. The number of carbonyl (C=O) groups is 1. The van der Waals surface area contributed by atoms with Crippen LogP contribution in [0.15, 0.2) is 48.7 Å². The van der Waals surface area contributed by atoms with E-state index < -0.39 is 0 Å². The fourth-order valence-corrected chi connectivity index (χ4v) is 4.37. The molecule has 0 unspecified atom stereocenters. The van der Waals surface area contributed by atoms with Crippen LogP contribution in [0, 0.1) is 0 Å². The van der Waals surface area contributed by atoms with Crippen LogP contribution in [0.3, 0.4) is 0 Å². The molecule has 0 spiro atoms. The van der Waals surface area contributed by atoms with Gasteiger partial charge in [0, 0.05) is 38.4 Å². The van der Waals surface area contributed by atoms with E-state index >= 15 is 0 Å². The first kappa shape index (κ1) is 18.9. The van der Waals surface area contributed by atoms with Crippen molar-refractivity contribution >= 4 is 11.7 Å². The molecule has 2 aliphatic heterocycles. The van der Waals surface area contributed by atoms with Crippen LogP contribution in [-0.2, 0) is 0 Å². The van der Waals surface area contributed by atoms with Crippen molar-refractivity contribution in [3.63, 3.8) is 0 Å². The molecule has 2 N–H and O–H groups in total. The van der Waals surface area contributed by atoms with Crippen LogP contribution in [0.4, 0.5) is 5.82 Å². The molecule has 1 aromatic heterocycles. The predicted molar refractivity (Wildman–Crippen MR) is 113 cm³/mol. The van der Waals surface area contributed by atoms with E-state index in [-0.39, 0.29) is 5.91 Å². The minimum atomic E-state index is 0.105. The van der Waals surface area contributed by atoms with Crippen LogP contribution < -0.4 is 10.6 Å². The molecule has 2 fully saturated rings. The molecule has 1 amide bonds. The van der Waals surface area contributed by atoms with Gasteiger partial charge in [-0.2, -0.15) is 0 Å². The number of anilines is 1. The summed E-state index contributed by atoms with van der Waals surface area (Å²) in [4.78, 5) is 21.8. The molecule has 4 rings (SSSR count). The fourth-order valence-electron chi connectivity index (χ4n) is 4.37. The van der Waals surface area contributed by atoms with Gasteiger partial charge in [0.05, 0.1) is 5.56 Å². The second-order valence-electron chi connectivity index (χ2n) is 8.06. The van der Waals surface area contributed by atoms with Crippen molar-refractivity contribution in [3.05, 3.63) is 59.8 Å². The summed E-state index contributed by atoms with van der Waals surface area (Å²) in [6, 6.07) is 14.9. The van der Waals surface area contributed by atoms with Gasteiger partial charge in [0.1, 0.15) is 5.82 Å². The maximum Gasteiger partial charge on any atom is 0.255 e. The summed E-state index contributed by atoms with van der Waals surface area (Å²) in [6.45, 7) is 3.51. The largest absolute Gasteiger partial charge is 0.357 e. The zero-order valence-electron chi connectivity index (χ0n) is 16.5. The van der Waals surface area contributed by atoms with E-state index in [0.717, 1.165) is 64.1 Å². The maximum atomic E-state index is 13.0. The zero-order valence-corrected chi connectivity index (χ0v) is 16.5.